The molecule has 1 saturated carbocycles. The third-order valence-corrected chi connectivity index (χ3v) is 6.84. The zero-order valence-electron chi connectivity index (χ0n) is 14.3. The van der Waals surface area contributed by atoms with Crippen LogP contribution in [0.25, 0.3) is 0 Å². The smallest absolute Gasteiger partial charge is 0.0410 e. The highest BCUT2D eigenvalue weighted by atomic mass is 35.5. The molecule has 2 unspecified atom stereocenters. The number of anilines is 1. The number of hydrogen-bond acceptors (Lipinski definition) is 2. The van der Waals surface area contributed by atoms with E-state index in [0.717, 1.165) is 23.5 Å². The van der Waals surface area contributed by atoms with E-state index in [4.69, 9.17) is 11.6 Å². The number of hydrogen-bond donors (Lipinski definition) is 1. The monoisotopic (exact) mass is 332 g/mol. The van der Waals surface area contributed by atoms with E-state index in [-0.39, 0.29) is 0 Å². The number of likely N-dealkylation sites (tertiary alicyclic amines) is 1. The average Bonchev–Trinajstić information content (AvgIpc) is 2.74. The summed E-state index contributed by atoms with van der Waals surface area (Å²) in [6, 6.07) is 7.21. The second kappa shape index (κ2) is 6.29. The molecule has 3 aliphatic rings. The van der Waals surface area contributed by atoms with Gasteiger partial charge in [-0.3, -0.25) is 0 Å². The fourth-order valence-electron chi connectivity index (χ4n) is 5.14. The number of halogens is 1. The van der Waals surface area contributed by atoms with Crippen molar-refractivity contribution >= 4 is 17.3 Å². The van der Waals surface area contributed by atoms with Crippen LogP contribution in [0.5, 0.6) is 0 Å². The minimum atomic E-state index is 0.326. The van der Waals surface area contributed by atoms with E-state index in [1.165, 1.54) is 69.3 Å². The Morgan fingerprint density at radius 1 is 1.17 bits per heavy atom. The van der Waals surface area contributed by atoms with Gasteiger partial charge in [-0.25, -0.2) is 0 Å². The van der Waals surface area contributed by atoms with E-state index in [2.05, 4.69) is 29.3 Å². The van der Waals surface area contributed by atoms with Gasteiger partial charge in [-0.15, -0.1) is 0 Å². The lowest BCUT2D eigenvalue weighted by Crippen LogP contribution is -2.48. The summed E-state index contributed by atoms with van der Waals surface area (Å²) in [5.41, 5.74) is 3.11. The van der Waals surface area contributed by atoms with Gasteiger partial charge >= 0.3 is 0 Å². The average molecular weight is 333 g/mol. The molecule has 1 spiro atoms. The normalized spacial score (nSPS) is 30.7. The summed E-state index contributed by atoms with van der Waals surface area (Å²) in [4.78, 5) is 2.80. The van der Waals surface area contributed by atoms with Crippen molar-refractivity contribution in [1.82, 2.24) is 4.90 Å². The van der Waals surface area contributed by atoms with Gasteiger partial charge in [0.05, 0.1) is 0 Å². The molecular formula is C20H29ClN2. The molecule has 0 bridgehead atoms. The molecule has 2 atom stereocenters. The van der Waals surface area contributed by atoms with Crippen LogP contribution in [0.2, 0.25) is 5.02 Å². The van der Waals surface area contributed by atoms with Crippen LogP contribution in [0.3, 0.4) is 0 Å². The zero-order chi connectivity index (χ0) is 15.9. The van der Waals surface area contributed by atoms with Crippen molar-refractivity contribution < 1.29 is 0 Å². The summed E-state index contributed by atoms with van der Waals surface area (Å²) in [6.07, 6.45) is 9.67. The maximum absolute atomic E-state index is 6.27. The molecular weight excluding hydrogens is 304 g/mol. The Labute approximate surface area is 145 Å². The van der Waals surface area contributed by atoms with Crippen LogP contribution in [0, 0.1) is 5.92 Å². The third-order valence-electron chi connectivity index (χ3n) is 6.60. The number of piperidine rings is 1. The fraction of sp³-hybridized carbons (Fsp3) is 0.700. The Kier molecular flexibility index (Phi) is 4.32. The number of fused-ring (bicyclic) bond motifs is 2. The summed E-state index contributed by atoms with van der Waals surface area (Å²) in [6.45, 7) is 6.05. The summed E-state index contributed by atoms with van der Waals surface area (Å²) >= 11 is 6.27. The summed E-state index contributed by atoms with van der Waals surface area (Å²) < 4.78 is 0. The minimum Gasteiger partial charge on any atom is -0.384 e. The maximum Gasteiger partial charge on any atom is 0.0410 e. The molecule has 2 nitrogen and oxygen atoms in total. The van der Waals surface area contributed by atoms with Gasteiger partial charge in [-0.05, 0) is 68.5 Å². The number of benzene rings is 1. The van der Waals surface area contributed by atoms with Gasteiger partial charge < -0.3 is 10.2 Å². The number of nitrogens with one attached hydrogen (secondary N) is 1. The van der Waals surface area contributed by atoms with Crippen molar-refractivity contribution in [2.45, 2.75) is 63.3 Å². The molecule has 0 aromatic heterocycles. The van der Waals surface area contributed by atoms with E-state index >= 15 is 0 Å². The van der Waals surface area contributed by atoms with Gasteiger partial charge in [0.15, 0.2) is 0 Å². The van der Waals surface area contributed by atoms with Crippen molar-refractivity contribution in [3.8, 4) is 0 Å². The van der Waals surface area contributed by atoms with Crippen LogP contribution in [-0.4, -0.2) is 30.6 Å². The first kappa shape index (κ1) is 15.8. The largest absolute Gasteiger partial charge is 0.384 e. The van der Waals surface area contributed by atoms with Crippen molar-refractivity contribution in [2.24, 2.45) is 5.92 Å². The first-order chi connectivity index (χ1) is 11.2. The van der Waals surface area contributed by atoms with E-state index in [1.807, 2.05) is 6.07 Å². The van der Waals surface area contributed by atoms with Gasteiger partial charge in [-0.1, -0.05) is 37.8 Å². The number of nitrogens with zero attached hydrogens (tertiary/aromatic N) is 1. The first-order valence-electron chi connectivity index (χ1n) is 9.44. The predicted molar refractivity (Wildman–Crippen MR) is 98.5 cm³/mol. The van der Waals surface area contributed by atoms with Crippen LogP contribution in [-0.2, 0) is 5.41 Å². The van der Waals surface area contributed by atoms with E-state index < -0.39 is 0 Å². The van der Waals surface area contributed by atoms with Crippen molar-refractivity contribution in [3.05, 3.63) is 28.8 Å². The van der Waals surface area contributed by atoms with Gasteiger partial charge in [-0.2, -0.15) is 0 Å². The zero-order valence-corrected chi connectivity index (χ0v) is 15.0. The molecule has 4 rings (SSSR count). The molecule has 1 aromatic rings. The topological polar surface area (TPSA) is 15.3 Å². The van der Waals surface area contributed by atoms with Crippen LogP contribution >= 0.6 is 11.6 Å². The lowest BCUT2D eigenvalue weighted by Gasteiger charge is -2.43. The standard InChI is InChI=1S/C20H29ClN2/c1-15-4-2-3-5-17(12-15)23-10-8-20(9-11-23)14-22-19-7-6-16(21)13-18(19)20/h6-7,13,15,17,22H,2-5,8-12,14H2,1H3. The molecule has 3 heteroatoms. The van der Waals surface area contributed by atoms with Gasteiger partial charge in [0.25, 0.3) is 0 Å². The third kappa shape index (κ3) is 3.00. The molecule has 1 N–H and O–H groups in total. The molecule has 2 fully saturated rings. The van der Waals surface area contributed by atoms with E-state index in [1.54, 1.807) is 0 Å². The SMILES string of the molecule is CC1CCCCC(N2CCC3(CC2)CNc2ccc(Cl)cc23)C1. The summed E-state index contributed by atoms with van der Waals surface area (Å²) in [7, 11) is 0. The lowest BCUT2D eigenvalue weighted by atomic mass is 9.74. The van der Waals surface area contributed by atoms with Crippen LogP contribution < -0.4 is 5.32 Å². The first-order valence-corrected chi connectivity index (χ1v) is 9.82. The molecule has 2 aliphatic heterocycles. The Balaban J connectivity index is 1.47. The van der Waals surface area contributed by atoms with Crippen molar-refractivity contribution in [1.29, 1.82) is 0 Å². The molecule has 1 aromatic carbocycles. The minimum absolute atomic E-state index is 0.326. The maximum atomic E-state index is 6.27. The molecule has 23 heavy (non-hydrogen) atoms. The highest BCUT2D eigenvalue weighted by Gasteiger charge is 2.42. The second-order valence-corrected chi connectivity index (χ2v) is 8.58. The molecule has 0 radical (unpaired) electrons. The van der Waals surface area contributed by atoms with E-state index in [0.29, 0.717) is 5.41 Å². The molecule has 0 amide bonds. The van der Waals surface area contributed by atoms with Crippen LogP contribution in [0.4, 0.5) is 5.69 Å². The van der Waals surface area contributed by atoms with Gasteiger partial charge in [0.1, 0.15) is 0 Å². The van der Waals surface area contributed by atoms with Crippen LogP contribution in [0.1, 0.15) is 57.4 Å². The van der Waals surface area contributed by atoms with E-state index in [9.17, 15) is 0 Å². The van der Waals surface area contributed by atoms with Gasteiger partial charge in [0.2, 0.25) is 0 Å². The Hall–Kier alpha value is -0.730. The van der Waals surface area contributed by atoms with Crippen molar-refractivity contribution in [2.75, 3.05) is 25.0 Å². The Morgan fingerprint density at radius 3 is 2.78 bits per heavy atom. The highest BCUT2D eigenvalue weighted by Crippen LogP contribution is 2.45. The predicted octanol–water partition coefficient (Wildman–Crippen LogP) is 5.07. The molecule has 126 valence electrons. The fourth-order valence-corrected chi connectivity index (χ4v) is 5.31. The number of rotatable bonds is 1. The highest BCUT2D eigenvalue weighted by molar-refractivity contribution is 6.30. The van der Waals surface area contributed by atoms with Crippen LogP contribution in [0.15, 0.2) is 18.2 Å². The van der Waals surface area contributed by atoms with Crippen molar-refractivity contribution in [3.63, 3.8) is 0 Å². The Morgan fingerprint density at radius 2 is 1.96 bits per heavy atom. The van der Waals surface area contributed by atoms with Gasteiger partial charge in [0, 0.05) is 28.7 Å². The lowest BCUT2D eigenvalue weighted by molar-refractivity contribution is 0.105. The summed E-state index contributed by atoms with van der Waals surface area (Å²) in [5, 5.41) is 4.50. The molecule has 1 saturated heterocycles. The Bertz CT molecular complexity index is 563. The second-order valence-electron chi connectivity index (χ2n) is 8.14. The molecule has 2 heterocycles. The quantitative estimate of drug-likeness (QED) is 0.722. The summed E-state index contributed by atoms with van der Waals surface area (Å²) in [5.74, 6) is 0.908. The molecule has 1 aliphatic carbocycles.